The molecule has 0 aliphatic carbocycles. The molecule has 0 aromatic rings. The topological polar surface area (TPSA) is 43.8 Å². The number of hydrogen-bond acceptors (Lipinski definition) is 3. The second-order valence-corrected chi connectivity index (χ2v) is 5.11. The molecule has 0 radical (unpaired) electrons. The Balaban J connectivity index is 2.50. The van der Waals surface area contributed by atoms with Gasteiger partial charge in [0, 0.05) is 25.7 Å². The van der Waals surface area contributed by atoms with Crippen molar-refractivity contribution in [1.82, 2.24) is 9.80 Å². The second-order valence-electron chi connectivity index (χ2n) is 5.11. The van der Waals surface area contributed by atoms with Crippen molar-refractivity contribution in [3.63, 3.8) is 0 Å². The molecule has 4 nitrogen and oxygen atoms in total. The first-order chi connectivity index (χ1) is 8.72. The molecule has 0 bridgehead atoms. The highest BCUT2D eigenvalue weighted by atomic mass is 16.3. The van der Waals surface area contributed by atoms with Gasteiger partial charge in [0.2, 0.25) is 5.91 Å². The average molecular weight is 256 g/mol. The number of aliphatic hydroxyl groups is 1. The summed E-state index contributed by atoms with van der Waals surface area (Å²) < 4.78 is 0. The first kappa shape index (κ1) is 15.4. The number of likely N-dealkylation sites (tertiary alicyclic amines) is 1. The molecular formula is C14H28N2O2. The molecule has 1 aliphatic heterocycles. The van der Waals surface area contributed by atoms with Crippen LogP contribution in [-0.2, 0) is 4.79 Å². The van der Waals surface area contributed by atoms with Gasteiger partial charge in [-0.05, 0) is 32.1 Å². The van der Waals surface area contributed by atoms with E-state index in [1.54, 1.807) is 0 Å². The van der Waals surface area contributed by atoms with Crippen molar-refractivity contribution < 1.29 is 9.90 Å². The Morgan fingerprint density at radius 1 is 1.22 bits per heavy atom. The highest BCUT2D eigenvalue weighted by Crippen LogP contribution is 2.12. The lowest BCUT2D eigenvalue weighted by Gasteiger charge is -2.33. The zero-order valence-electron chi connectivity index (χ0n) is 11.9. The summed E-state index contributed by atoms with van der Waals surface area (Å²) in [5.41, 5.74) is 0. The quantitative estimate of drug-likeness (QED) is 0.750. The fourth-order valence-electron chi connectivity index (χ4n) is 2.74. The summed E-state index contributed by atoms with van der Waals surface area (Å²) in [5, 5.41) is 9.13. The largest absolute Gasteiger partial charge is 0.395 e. The van der Waals surface area contributed by atoms with Gasteiger partial charge >= 0.3 is 0 Å². The molecule has 1 heterocycles. The standard InChI is InChI=1S/C14H28N2O2/c1-3-13(4-2)16(10-11-17)12-14(18)15-8-6-5-7-9-15/h13,17H,3-12H2,1-2H3. The number of nitrogens with zero attached hydrogens (tertiary/aromatic N) is 2. The zero-order chi connectivity index (χ0) is 13.4. The lowest BCUT2D eigenvalue weighted by atomic mass is 10.1. The summed E-state index contributed by atoms with van der Waals surface area (Å²) in [4.78, 5) is 16.3. The van der Waals surface area contributed by atoms with E-state index < -0.39 is 0 Å². The van der Waals surface area contributed by atoms with Gasteiger partial charge in [0.25, 0.3) is 0 Å². The van der Waals surface area contributed by atoms with Crippen LogP contribution in [0.25, 0.3) is 0 Å². The molecule has 0 spiro atoms. The molecule has 18 heavy (non-hydrogen) atoms. The maximum atomic E-state index is 12.2. The molecular weight excluding hydrogens is 228 g/mol. The van der Waals surface area contributed by atoms with Crippen LogP contribution in [0.1, 0.15) is 46.0 Å². The number of aliphatic hydroxyl groups excluding tert-OH is 1. The Bertz CT molecular complexity index is 236. The number of piperidine rings is 1. The van der Waals surface area contributed by atoms with Crippen molar-refractivity contribution in [2.75, 3.05) is 32.8 Å². The predicted octanol–water partition coefficient (Wildman–Crippen LogP) is 1.48. The predicted molar refractivity (Wildman–Crippen MR) is 73.5 cm³/mol. The van der Waals surface area contributed by atoms with Crippen LogP contribution in [0.5, 0.6) is 0 Å². The Morgan fingerprint density at radius 3 is 2.33 bits per heavy atom. The molecule has 4 heteroatoms. The van der Waals surface area contributed by atoms with E-state index in [0.29, 0.717) is 19.1 Å². The van der Waals surface area contributed by atoms with Gasteiger partial charge in [-0.3, -0.25) is 9.69 Å². The van der Waals surface area contributed by atoms with Gasteiger partial charge in [-0.2, -0.15) is 0 Å². The minimum absolute atomic E-state index is 0.129. The number of carbonyl (C=O) groups is 1. The fraction of sp³-hybridized carbons (Fsp3) is 0.929. The van der Waals surface area contributed by atoms with Gasteiger partial charge in [-0.1, -0.05) is 13.8 Å². The smallest absolute Gasteiger partial charge is 0.236 e. The lowest BCUT2D eigenvalue weighted by molar-refractivity contribution is -0.134. The van der Waals surface area contributed by atoms with Crippen LogP contribution in [0.15, 0.2) is 0 Å². The van der Waals surface area contributed by atoms with Crippen molar-refractivity contribution >= 4 is 5.91 Å². The van der Waals surface area contributed by atoms with Gasteiger partial charge in [0.1, 0.15) is 0 Å². The summed E-state index contributed by atoms with van der Waals surface area (Å²) >= 11 is 0. The molecule has 1 N–H and O–H groups in total. The Morgan fingerprint density at radius 2 is 1.83 bits per heavy atom. The van der Waals surface area contributed by atoms with Crippen LogP contribution >= 0.6 is 0 Å². The van der Waals surface area contributed by atoms with Crippen molar-refractivity contribution in [1.29, 1.82) is 0 Å². The van der Waals surface area contributed by atoms with Crippen LogP contribution in [0.4, 0.5) is 0 Å². The van der Waals surface area contributed by atoms with Crippen LogP contribution in [0.3, 0.4) is 0 Å². The van der Waals surface area contributed by atoms with Gasteiger partial charge in [0.15, 0.2) is 0 Å². The highest BCUT2D eigenvalue weighted by molar-refractivity contribution is 5.78. The Hall–Kier alpha value is -0.610. The summed E-state index contributed by atoms with van der Waals surface area (Å²) in [6.45, 7) is 7.31. The molecule has 1 amide bonds. The van der Waals surface area contributed by atoms with Gasteiger partial charge in [-0.25, -0.2) is 0 Å². The van der Waals surface area contributed by atoms with E-state index >= 15 is 0 Å². The van der Waals surface area contributed by atoms with Gasteiger partial charge in [-0.15, -0.1) is 0 Å². The number of amides is 1. The summed E-state index contributed by atoms with van der Waals surface area (Å²) in [6, 6.07) is 0.408. The molecule has 0 unspecified atom stereocenters. The van der Waals surface area contributed by atoms with Crippen molar-refractivity contribution in [2.45, 2.75) is 52.0 Å². The van der Waals surface area contributed by atoms with Crippen LogP contribution < -0.4 is 0 Å². The molecule has 0 aromatic heterocycles. The first-order valence-electron chi connectivity index (χ1n) is 7.35. The minimum atomic E-state index is 0.129. The Labute approximate surface area is 111 Å². The highest BCUT2D eigenvalue weighted by Gasteiger charge is 2.22. The Kier molecular flexibility index (Phi) is 7.28. The van der Waals surface area contributed by atoms with Crippen molar-refractivity contribution in [2.24, 2.45) is 0 Å². The molecule has 1 rings (SSSR count). The van der Waals surface area contributed by atoms with Gasteiger partial charge in [0.05, 0.1) is 13.2 Å². The van der Waals surface area contributed by atoms with Crippen molar-refractivity contribution in [3.8, 4) is 0 Å². The fourth-order valence-corrected chi connectivity index (χ4v) is 2.74. The normalized spacial score (nSPS) is 16.6. The SMILES string of the molecule is CCC(CC)N(CCO)CC(=O)N1CCCCC1. The lowest BCUT2D eigenvalue weighted by Crippen LogP contribution is -2.46. The van der Waals surface area contributed by atoms with E-state index in [4.69, 9.17) is 5.11 Å². The van der Waals surface area contributed by atoms with E-state index in [0.717, 1.165) is 38.8 Å². The summed E-state index contributed by atoms with van der Waals surface area (Å²) in [7, 11) is 0. The van der Waals surface area contributed by atoms with E-state index in [-0.39, 0.29) is 12.5 Å². The first-order valence-corrected chi connectivity index (χ1v) is 7.35. The second kappa shape index (κ2) is 8.48. The molecule has 1 aliphatic rings. The molecule has 1 saturated heterocycles. The van der Waals surface area contributed by atoms with E-state index in [2.05, 4.69) is 18.7 Å². The van der Waals surface area contributed by atoms with Gasteiger partial charge < -0.3 is 10.0 Å². The summed E-state index contributed by atoms with van der Waals surface area (Å²) in [5.74, 6) is 0.232. The molecule has 106 valence electrons. The monoisotopic (exact) mass is 256 g/mol. The van der Waals surface area contributed by atoms with Crippen LogP contribution in [-0.4, -0.2) is 59.6 Å². The third-order valence-electron chi connectivity index (χ3n) is 3.89. The third-order valence-corrected chi connectivity index (χ3v) is 3.89. The summed E-state index contributed by atoms with van der Waals surface area (Å²) in [6.07, 6.45) is 5.58. The molecule has 0 aromatic carbocycles. The average Bonchev–Trinajstić information content (AvgIpc) is 2.41. The number of carbonyl (C=O) groups excluding carboxylic acids is 1. The number of hydrogen-bond donors (Lipinski definition) is 1. The van der Waals surface area contributed by atoms with E-state index in [9.17, 15) is 4.79 Å². The van der Waals surface area contributed by atoms with E-state index in [1.165, 1.54) is 6.42 Å². The molecule has 1 fully saturated rings. The minimum Gasteiger partial charge on any atom is -0.395 e. The third kappa shape index (κ3) is 4.58. The number of rotatable bonds is 7. The molecule has 0 atom stereocenters. The maximum Gasteiger partial charge on any atom is 0.236 e. The molecule has 0 saturated carbocycles. The zero-order valence-corrected chi connectivity index (χ0v) is 11.9. The van der Waals surface area contributed by atoms with Crippen LogP contribution in [0, 0.1) is 0 Å². The van der Waals surface area contributed by atoms with E-state index in [1.807, 2.05) is 4.90 Å². The van der Waals surface area contributed by atoms with Crippen molar-refractivity contribution in [3.05, 3.63) is 0 Å². The maximum absolute atomic E-state index is 12.2. The van der Waals surface area contributed by atoms with Crippen LogP contribution in [0.2, 0.25) is 0 Å².